The largest absolute Gasteiger partial charge is 0.493 e. The molecule has 1 unspecified atom stereocenters. The number of hydrogen-bond donors (Lipinski definition) is 2. The zero-order valence-electron chi connectivity index (χ0n) is 17.9. The Labute approximate surface area is 195 Å². The number of para-hydroxylation sites is 1. The number of halogens is 1. The Morgan fingerprint density at radius 3 is 2.47 bits per heavy atom. The van der Waals surface area contributed by atoms with Crippen molar-refractivity contribution in [1.29, 1.82) is 0 Å². The average Bonchev–Trinajstić information content (AvgIpc) is 3.17. The number of nitrogens with zero attached hydrogens (tertiary/aromatic N) is 1. The molecule has 1 atom stereocenters. The minimum atomic E-state index is 0. The number of nitrogens with one attached hydrogen (secondary N) is 2. The van der Waals surface area contributed by atoms with Crippen molar-refractivity contribution in [2.45, 2.75) is 26.0 Å². The fourth-order valence-corrected chi connectivity index (χ4v) is 3.37. The van der Waals surface area contributed by atoms with Crippen LogP contribution in [0.2, 0.25) is 0 Å². The van der Waals surface area contributed by atoms with E-state index in [9.17, 15) is 0 Å². The van der Waals surface area contributed by atoms with Crippen LogP contribution in [0.5, 0.6) is 23.0 Å². The van der Waals surface area contributed by atoms with Gasteiger partial charge in [-0.05, 0) is 30.7 Å². The van der Waals surface area contributed by atoms with Gasteiger partial charge in [0.05, 0.1) is 34.4 Å². The molecule has 0 aliphatic carbocycles. The highest BCUT2D eigenvalue weighted by atomic mass is 127. The molecule has 0 saturated heterocycles. The zero-order chi connectivity index (χ0) is 20.6. The average molecular weight is 527 g/mol. The molecule has 164 valence electrons. The molecule has 0 aromatic heterocycles. The quantitative estimate of drug-likeness (QED) is 0.312. The van der Waals surface area contributed by atoms with Crippen molar-refractivity contribution in [1.82, 2.24) is 10.6 Å². The smallest absolute Gasteiger partial charge is 0.203 e. The third kappa shape index (κ3) is 5.62. The topological polar surface area (TPSA) is 73.3 Å². The van der Waals surface area contributed by atoms with Gasteiger partial charge in [-0.3, -0.25) is 0 Å². The minimum absolute atomic E-state index is 0. The Hall–Kier alpha value is -2.36. The van der Waals surface area contributed by atoms with Crippen LogP contribution in [0.25, 0.3) is 0 Å². The van der Waals surface area contributed by atoms with Gasteiger partial charge in [0.25, 0.3) is 0 Å². The number of rotatable bonds is 8. The molecule has 1 aliphatic heterocycles. The first-order valence-corrected chi connectivity index (χ1v) is 9.74. The van der Waals surface area contributed by atoms with Gasteiger partial charge < -0.3 is 29.6 Å². The number of guanidine groups is 1. The summed E-state index contributed by atoms with van der Waals surface area (Å²) in [5, 5.41) is 6.65. The number of hydrogen-bond acceptors (Lipinski definition) is 5. The Morgan fingerprint density at radius 1 is 1.03 bits per heavy atom. The van der Waals surface area contributed by atoms with E-state index in [1.165, 1.54) is 5.56 Å². The fraction of sp³-hybridized carbons (Fsp3) is 0.409. The molecule has 30 heavy (non-hydrogen) atoms. The summed E-state index contributed by atoms with van der Waals surface area (Å²) in [6, 6.07) is 12.0. The molecule has 0 amide bonds. The summed E-state index contributed by atoms with van der Waals surface area (Å²) in [5.74, 6) is 3.51. The molecule has 2 aromatic carbocycles. The van der Waals surface area contributed by atoms with Crippen LogP contribution in [0.15, 0.2) is 41.4 Å². The summed E-state index contributed by atoms with van der Waals surface area (Å²) in [4.78, 5) is 4.70. The van der Waals surface area contributed by atoms with E-state index in [1.807, 2.05) is 37.3 Å². The molecule has 0 fully saturated rings. The maximum Gasteiger partial charge on any atom is 0.203 e. The molecule has 3 rings (SSSR count). The van der Waals surface area contributed by atoms with Crippen molar-refractivity contribution in [3.05, 3.63) is 47.5 Å². The third-order valence-corrected chi connectivity index (χ3v) is 4.75. The number of benzene rings is 2. The summed E-state index contributed by atoms with van der Waals surface area (Å²) in [6.07, 6.45) is 0.985. The van der Waals surface area contributed by atoms with Crippen molar-refractivity contribution in [2.75, 3.05) is 34.4 Å². The summed E-state index contributed by atoms with van der Waals surface area (Å²) in [6.45, 7) is 3.91. The lowest BCUT2D eigenvalue weighted by Gasteiger charge is -2.17. The fourth-order valence-electron chi connectivity index (χ4n) is 3.37. The normalized spacial score (nSPS) is 14.8. The van der Waals surface area contributed by atoms with Crippen LogP contribution in [-0.4, -0.2) is 46.5 Å². The Bertz CT molecular complexity index is 835. The summed E-state index contributed by atoms with van der Waals surface area (Å²) >= 11 is 0. The molecule has 0 bridgehead atoms. The van der Waals surface area contributed by atoms with E-state index in [0.29, 0.717) is 30.3 Å². The van der Waals surface area contributed by atoms with Gasteiger partial charge in [0.1, 0.15) is 11.9 Å². The Balaban J connectivity index is 0.00000320. The molecule has 8 heteroatoms. The first-order chi connectivity index (χ1) is 14.2. The van der Waals surface area contributed by atoms with Crippen molar-refractivity contribution in [3.8, 4) is 23.0 Å². The van der Waals surface area contributed by atoms with Gasteiger partial charge in [0.15, 0.2) is 17.5 Å². The van der Waals surface area contributed by atoms with Crippen LogP contribution >= 0.6 is 24.0 Å². The van der Waals surface area contributed by atoms with Crippen LogP contribution in [-0.2, 0) is 13.0 Å². The van der Waals surface area contributed by atoms with Gasteiger partial charge in [-0.25, -0.2) is 4.99 Å². The van der Waals surface area contributed by atoms with E-state index >= 15 is 0 Å². The van der Waals surface area contributed by atoms with Gasteiger partial charge >= 0.3 is 0 Å². The van der Waals surface area contributed by atoms with Gasteiger partial charge in [0, 0.05) is 18.5 Å². The highest BCUT2D eigenvalue weighted by Crippen LogP contribution is 2.40. The second kappa shape index (κ2) is 11.7. The number of ether oxygens (including phenoxy) is 4. The predicted octanol–water partition coefficient (Wildman–Crippen LogP) is 3.39. The second-order valence-electron chi connectivity index (χ2n) is 6.62. The first kappa shape index (κ1) is 23.9. The molecular weight excluding hydrogens is 497 g/mol. The van der Waals surface area contributed by atoms with Crippen LogP contribution in [0, 0.1) is 0 Å². The van der Waals surface area contributed by atoms with Gasteiger partial charge in [0.2, 0.25) is 5.75 Å². The van der Waals surface area contributed by atoms with E-state index in [-0.39, 0.29) is 30.1 Å². The molecule has 0 saturated carbocycles. The molecule has 2 N–H and O–H groups in total. The van der Waals surface area contributed by atoms with E-state index in [0.717, 1.165) is 30.2 Å². The van der Waals surface area contributed by atoms with Crippen molar-refractivity contribution < 1.29 is 18.9 Å². The van der Waals surface area contributed by atoms with Crippen LogP contribution in [0.4, 0.5) is 0 Å². The minimum Gasteiger partial charge on any atom is -0.493 e. The lowest BCUT2D eigenvalue weighted by molar-refractivity contribution is 0.235. The monoisotopic (exact) mass is 527 g/mol. The maximum absolute atomic E-state index is 5.99. The van der Waals surface area contributed by atoms with E-state index in [4.69, 9.17) is 23.9 Å². The summed E-state index contributed by atoms with van der Waals surface area (Å²) in [7, 11) is 4.81. The Morgan fingerprint density at radius 2 is 1.80 bits per heavy atom. The molecular formula is C22H30IN3O4. The number of methoxy groups -OCH3 is 3. The standard InChI is InChI=1S/C22H29N3O4.HI/c1-5-23-22(25-14-17-12-15-8-6-7-9-18(15)29-17)24-13-16-10-11-19(26-2)21(28-4)20(16)27-3;/h6-11,17H,5,12-14H2,1-4H3,(H2,23,24,25);1H. The number of aliphatic imine (C=N–C) groups is 1. The van der Waals surface area contributed by atoms with Crippen LogP contribution in [0.3, 0.4) is 0 Å². The third-order valence-electron chi connectivity index (χ3n) is 4.75. The SMILES string of the molecule is CCNC(=NCc1ccc(OC)c(OC)c1OC)NCC1Cc2ccccc2O1.I. The molecule has 0 spiro atoms. The lowest BCUT2D eigenvalue weighted by Crippen LogP contribution is -2.42. The summed E-state index contributed by atoms with van der Waals surface area (Å²) < 4.78 is 22.3. The van der Waals surface area contributed by atoms with Crippen LogP contribution in [0.1, 0.15) is 18.1 Å². The van der Waals surface area contributed by atoms with Gasteiger partial charge in [-0.1, -0.05) is 18.2 Å². The number of fused-ring (bicyclic) bond motifs is 1. The van der Waals surface area contributed by atoms with Gasteiger partial charge in [-0.15, -0.1) is 24.0 Å². The molecule has 1 aliphatic rings. The van der Waals surface area contributed by atoms with Crippen molar-refractivity contribution in [3.63, 3.8) is 0 Å². The van der Waals surface area contributed by atoms with E-state index in [2.05, 4.69) is 16.7 Å². The first-order valence-electron chi connectivity index (χ1n) is 9.74. The van der Waals surface area contributed by atoms with Crippen LogP contribution < -0.4 is 29.6 Å². The maximum atomic E-state index is 5.99. The molecule has 7 nitrogen and oxygen atoms in total. The van der Waals surface area contributed by atoms with Crippen molar-refractivity contribution >= 4 is 29.9 Å². The lowest BCUT2D eigenvalue weighted by atomic mass is 10.1. The van der Waals surface area contributed by atoms with Crippen molar-refractivity contribution in [2.24, 2.45) is 4.99 Å². The van der Waals surface area contributed by atoms with Gasteiger partial charge in [-0.2, -0.15) is 0 Å². The predicted molar refractivity (Wildman–Crippen MR) is 129 cm³/mol. The van der Waals surface area contributed by atoms with E-state index in [1.54, 1.807) is 21.3 Å². The second-order valence-corrected chi connectivity index (χ2v) is 6.62. The zero-order valence-corrected chi connectivity index (χ0v) is 20.2. The highest BCUT2D eigenvalue weighted by molar-refractivity contribution is 14.0. The van der Waals surface area contributed by atoms with E-state index < -0.39 is 0 Å². The summed E-state index contributed by atoms with van der Waals surface area (Å²) in [5.41, 5.74) is 2.16. The highest BCUT2D eigenvalue weighted by Gasteiger charge is 2.22. The Kier molecular flexibility index (Phi) is 9.35. The molecule has 1 heterocycles. The molecule has 0 radical (unpaired) electrons. The molecule has 2 aromatic rings.